The smallest absolute Gasteiger partial charge is 0.0408 e. The Kier molecular flexibility index (Phi) is 7.74. The Morgan fingerprint density at radius 1 is 1.35 bits per heavy atom. The molecule has 1 rings (SSSR count). The molecule has 1 nitrogen and oxygen atoms in total. The van der Waals surface area contributed by atoms with Gasteiger partial charge in [-0.25, -0.2) is 0 Å². The molecule has 0 fully saturated rings. The molecular formula is C14H22ClNS. The van der Waals surface area contributed by atoms with Gasteiger partial charge in [0.05, 0.1) is 0 Å². The minimum absolute atomic E-state index is 0.516. The molecule has 0 bridgehead atoms. The Morgan fingerprint density at radius 3 is 2.88 bits per heavy atom. The van der Waals surface area contributed by atoms with Crippen LogP contribution < -0.4 is 5.32 Å². The highest BCUT2D eigenvalue weighted by atomic mass is 35.5. The molecule has 0 aliphatic carbocycles. The largest absolute Gasteiger partial charge is 0.314 e. The SMILES string of the molecule is CSCCCCNC(C)Cc1cccc(Cl)c1. The van der Waals surface area contributed by atoms with Crippen LogP contribution in [0.2, 0.25) is 5.02 Å². The molecule has 0 spiro atoms. The predicted molar refractivity (Wildman–Crippen MR) is 80.2 cm³/mol. The van der Waals surface area contributed by atoms with Gasteiger partial charge in [-0.15, -0.1) is 0 Å². The van der Waals surface area contributed by atoms with E-state index in [4.69, 9.17) is 11.6 Å². The van der Waals surface area contributed by atoms with Gasteiger partial charge in [-0.05, 0) is 62.4 Å². The number of nitrogens with one attached hydrogen (secondary N) is 1. The van der Waals surface area contributed by atoms with E-state index in [0.29, 0.717) is 6.04 Å². The number of hydrogen-bond donors (Lipinski definition) is 1. The first-order valence-electron chi connectivity index (χ1n) is 6.19. The van der Waals surface area contributed by atoms with Gasteiger partial charge in [0.1, 0.15) is 0 Å². The maximum absolute atomic E-state index is 5.97. The number of thioether (sulfide) groups is 1. The lowest BCUT2D eigenvalue weighted by Crippen LogP contribution is -2.29. The van der Waals surface area contributed by atoms with Gasteiger partial charge in [0.25, 0.3) is 0 Å². The molecule has 1 aromatic carbocycles. The molecule has 1 aromatic rings. The molecule has 1 N–H and O–H groups in total. The number of halogens is 1. The summed E-state index contributed by atoms with van der Waals surface area (Å²) in [5.74, 6) is 1.27. The third-order valence-electron chi connectivity index (χ3n) is 2.70. The van der Waals surface area contributed by atoms with E-state index in [1.807, 2.05) is 30.0 Å². The summed E-state index contributed by atoms with van der Waals surface area (Å²) in [6.45, 7) is 3.35. The quantitative estimate of drug-likeness (QED) is 0.717. The Bertz CT molecular complexity index is 317. The average Bonchev–Trinajstić information content (AvgIpc) is 2.29. The van der Waals surface area contributed by atoms with Crippen molar-refractivity contribution in [3.05, 3.63) is 34.9 Å². The second-order valence-corrected chi connectivity index (χ2v) is 5.81. The van der Waals surface area contributed by atoms with Crippen molar-refractivity contribution in [2.75, 3.05) is 18.6 Å². The van der Waals surface area contributed by atoms with Crippen LogP contribution in [0.3, 0.4) is 0 Å². The fourth-order valence-corrected chi connectivity index (χ4v) is 2.52. The molecule has 0 saturated heterocycles. The van der Waals surface area contributed by atoms with E-state index in [-0.39, 0.29) is 0 Å². The molecule has 0 aromatic heterocycles. The Morgan fingerprint density at radius 2 is 2.18 bits per heavy atom. The van der Waals surface area contributed by atoms with Crippen molar-refractivity contribution < 1.29 is 0 Å². The molecule has 0 saturated carbocycles. The maximum atomic E-state index is 5.97. The summed E-state index contributed by atoms with van der Waals surface area (Å²) >= 11 is 7.89. The highest BCUT2D eigenvalue weighted by Gasteiger charge is 2.02. The van der Waals surface area contributed by atoms with Crippen LogP contribution in [-0.4, -0.2) is 24.6 Å². The van der Waals surface area contributed by atoms with Gasteiger partial charge >= 0.3 is 0 Å². The van der Waals surface area contributed by atoms with Crippen molar-refractivity contribution in [1.82, 2.24) is 5.32 Å². The fourth-order valence-electron chi connectivity index (χ4n) is 1.81. The molecule has 1 unspecified atom stereocenters. The summed E-state index contributed by atoms with van der Waals surface area (Å²) in [7, 11) is 0. The van der Waals surface area contributed by atoms with Crippen molar-refractivity contribution in [2.24, 2.45) is 0 Å². The number of rotatable bonds is 8. The van der Waals surface area contributed by atoms with Crippen molar-refractivity contribution in [3.63, 3.8) is 0 Å². The van der Waals surface area contributed by atoms with Crippen LogP contribution in [0, 0.1) is 0 Å². The topological polar surface area (TPSA) is 12.0 Å². The van der Waals surface area contributed by atoms with E-state index in [2.05, 4.69) is 24.6 Å². The van der Waals surface area contributed by atoms with Crippen LogP contribution in [0.5, 0.6) is 0 Å². The normalized spacial score (nSPS) is 12.6. The third-order valence-corrected chi connectivity index (χ3v) is 3.63. The molecule has 0 radical (unpaired) electrons. The Balaban J connectivity index is 2.18. The maximum Gasteiger partial charge on any atom is 0.0408 e. The van der Waals surface area contributed by atoms with Gasteiger partial charge in [-0.3, -0.25) is 0 Å². The highest BCUT2D eigenvalue weighted by molar-refractivity contribution is 7.98. The predicted octanol–water partition coefficient (Wildman–Crippen LogP) is 4.00. The molecular weight excluding hydrogens is 250 g/mol. The van der Waals surface area contributed by atoms with Crippen molar-refractivity contribution in [2.45, 2.75) is 32.2 Å². The molecule has 3 heteroatoms. The van der Waals surface area contributed by atoms with E-state index in [1.165, 1.54) is 24.2 Å². The third kappa shape index (κ3) is 6.97. The minimum atomic E-state index is 0.516. The highest BCUT2D eigenvalue weighted by Crippen LogP contribution is 2.12. The molecule has 1 atom stereocenters. The first kappa shape index (κ1) is 14.9. The molecule has 17 heavy (non-hydrogen) atoms. The number of benzene rings is 1. The van der Waals surface area contributed by atoms with Crippen LogP contribution in [-0.2, 0) is 6.42 Å². The lowest BCUT2D eigenvalue weighted by molar-refractivity contribution is 0.532. The van der Waals surface area contributed by atoms with Crippen LogP contribution in [0.25, 0.3) is 0 Å². The Hall–Kier alpha value is -0.180. The van der Waals surface area contributed by atoms with Gasteiger partial charge < -0.3 is 5.32 Å². The number of unbranched alkanes of at least 4 members (excludes halogenated alkanes) is 1. The standard InChI is InChI=1S/C14H22ClNS/c1-12(16-8-3-4-9-17-2)10-13-6-5-7-14(15)11-13/h5-7,11-12,16H,3-4,8-10H2,1-2H3. The molecule has 0 amide bonds. The van der Waals surface area contributed by atoms with Crippen molar-refractivity contribution in [3.8, 4) is 0 Å². The Labute approximate surface area is 114 Å². The second kappa shape index (κ2) is 8.84. The van der Waals surface area contributed by atoms with Crippen molar-refractivity contribution in [1.29, 1.82) is 0 Å². The van der Waals surface area contributed by atoms with Gasteiger partial charge in [0.15, 0.2) is 0 Å². The first-order valence-corrected chi connectivity index (χ1v) is 7.96. The summed E-state index contributed by atoms with van der Waals surface area (Å²) in [4.78, 5) is 0. The van der Waals surface area contributed by atoms with E-state index in [9.17, 15) is 0 Å². The molecule has 0 aliphatic heterocycles. The minimum Gasteiger partial charge on any atom is -0.314 e. The van der Waals surface area contributed by atoms with Crippen molar-refractivity contribution >= 4 is 23.4 Å². The summed E-state index contributed by atoms with van der Waals surface area (Å²) < 4.78 is 0. The first-order chi connectivity index (χ1) is 8.22. The van der Waals surface area contributed by atoms with Gasteiger partial charge in [-0.2, -0.15) is 11.8 Å². The zero-order chi connectivity index (χ0) is 12.5. The number of hydrogen-bond acceptors (Lipinski definition) is 2. The lowest BCUT2D eigenvalue weighted by atomic mass is 10.1. The zero-order valence-corrected chi connectivity index (χ0v) is 12.3. The molecule has 0 heterocycles. The van der Waals surface area contributed by atoms with Gasteiger partial charge in [0, 0.05) is 11.1 Å². The van der Waals surface area contributed by atoms with Gasteiger partial charge in [0.2, 0.25) is 0 Å². The zero-order valence-electron chi connectivity index (χ0n) is 10.7. The molecule has 0 aliphatic rings. The fraction of sp³-hybridized carbons (Fsp3) is 0.571. The summed E-state index contributed by atoms with van der Waals surface area (Å²) in [5.41, 5.74) is 1.31. The van der Waals surface area contributed by atoms with E-state index in [0.717, 1.165) is 18.0 Å². The van der Waals surface area contributed by atoms with Crippen LogP contribution in [0.1, 0.15) is 25.3 Å². The monoisotopic (exact) mass is 271 g/mol. The summed E-state index contributed by atoms with van der Waals surface area (Å²) in [6.07, 6.45) is 5.77. The van der Waals surface area contributed by atoms with Gasteiger partial charge in [-0.1, -0.05) is 23.7 Å². The van der Waals surface area contributed by atoms with E-state index < -0.39 is 0 Å². The van der Waals surface area contributed by atoms with E-state index in [1.54, 1.807) is 0 Å². The van der Waals surface area contributed by atoms with Crippen LogP contribution >= 0.6 is 23.4 Å². The van der Waals surface area contributed by atoms with Crippen LogP contribution in [0.4, 0.5) is 0 Å². The second-order valence-electron chi connectivity index (χ2n) is 4.39. The summed E-state index contributed by atoms with van der Waals surface area (Å²) in [6, 6.07) is 8.64. The lowest BCUT2D eigenvalue weighted by Gasteiger charge is -2.13. The summed E-state index contributed by atoms with van der Waals surface area (Å²) in [5, 5.41) is 4.39. The van der Waals surface area contributed by atoms with Crippen LogP contribution in [0.15, 0.2) is 24.3 Å². The molecule has 96 valence electrons. The van der Waals surface area contributed by atoms with E-state index >= 15 is 0 Å². The average molecular weight is 272 g/mol.